The molecule has 3 unspecified atom stereocenters. The molecule has 2 N–H and O–H groups in total. The molecule has 2 rings (SSSR count). The highest BCUT2D eigenvalue weighted by atomic mass is 32.1. The third-order valence-corrected chi connectivity index (χ3v) is 5.17. The molecule has 0 spiro atoms. The van der Waals surface area contributed by atoms with Gasteiger partial charge in [-0.15, -0.1) is 11.3 Å². The monoisotopic (exact) mass is 310 g/mol. The second kappa shape index (κ2) is 7.27. The zero-order valence-corrected chi connectivity index (χ0v) is 13.9. The summed E-state index contributed by atoms with van der Waals surface area (Å²) in [6.07, 6.45) is 3.57. The Kier molecular flexibility index (Phi) is 5.65. The molecule has 1 aliphatic rings. The molecular formula is C16H26N2O2S. The number of hydrogen-bond acceptors (Lipinski definition) is 3. The molecule has 0 aliphatic heterocycles. The first-order chi connectivity index (χ1) is 9.95. The number of amides is 2. The van der Waals surface area contributed by atoms with E-state index in [1.807, 2.05) is 14.0 Å². The van der Waals surface area contributed by atoms with Gasteiger partial charge in [-0.1, -0.05) is 6.42 Å². The standard InChI is InChI=1S/C16H26N2O2S/c1-11(9-14-8-7-12(2)21-14)17-16(20)18(3)10-13-5-4-6-15(13)19/h7-8,11,13,15,19H,4-6,9-10H2,1-3H3,(H,17,20). The molecule has 118 valence electrons. The van der Waals surface area contributed by atoms with Crippen LogP contribution in [-0.2, 0) is 6.42 Å². The molecule has 1 aromatic heterocycles. The highest BCUT2D eigenvalue weighted by Crippen LogP contribution is 2.26. The zero-order chi connectivity index (χ0) is 15.4. The van der Waals surface area contributed by atoms with Gasteiger partial charge in [0.25, 0.3) is 0 Å². The Morgan fingerprint density at radius 2 is 2.29 bits per heavy atom. The summed E-state index contributed by atoms with van der Waals surface area (Å²) >= 11 is 1.78. The average molecular weight is 310 g/mol. The van der Waals surface area contributed by atoms with Gasteiger partial charge in [-0.05, 0) is 38.8 Å². The number of aryl methyl sites for hydroxylation is 1. The number of thiophene rings is 1. The van der Waals surface area contributed by atoms with Gasteiger partial charge in [-0.25, -0.2) is 4.79 Å². The van der Waals surface area contributed by atoms with E-state index in [1.165, 1.54) is 9.75 Å². The van der Waals surface area contributed by atoms with Crippen LogP contribution in [0.25, 0.3) is 0 Å². The lowest BCUT2D eigenvalue weighted by atomic mass is 10.1. The number of urea groups is 1. The molecule has 2 amide bonds. The fraction of sp³-hybridized carbons (Fsp3) is 0.688. The normalized spacial score (nSPS) is 23.0. The molecular weight excluding hydrogens is 284 g/mol. The minimum absolute atomic E-state index is 0.0464. The molecule has 1 aromatic rings. The predicted octanol–water partition coefficient (Wildman–Crippen LogP) is 2.79. The second-order valence-corrected chi connectivity index (χ2v) is 7.58. The molecule has 1 fully saturated rings. The van der Waals surface area contributed by atoms with Gasteiger partial charge in [0, 0.05) is 41.7 Å². The first-order valence-corrected chi connectivity index (χ1v) is 8.52. The molecule has 0 bridgehead atoms. The summed E-state index contributed by atoms with van der Waals surface area (Å²) < 4.78 is 0. The van der Waals surface area contributed by atoms with Crippen LogP contribution < -0.4 is 5.32 Å². The quantitative estimate of drug-likeness (QED) is 0.878. The summed E-state index contributed by atoms with van der Waals surface area (Å²) in [6, 6.07) is 4.31. The van der Waals surface area contributed by atoms with Crippen LogP contribution in [-0.4, -0.2) is 41.8 Å². The number of nitrogens with zero attached hydrogens (tertiary/aromatic N) is 1. The van der Waals surface area contributed by atoms with Crippen molar-refractivity contribution >= 4 is 17.4 Å². The number of rotatable bonds is 5. The molecule has 1 saturated carbocycles. The number of carbonyl (C=O) groups excluding carboxylic acids is 1. The fourth-order valence-corrected chi connectivity index (χ4v) is 3.95. The highest BCUT2D eigenvalue weighted by molar-refractivity contribution is 7.11. The minimum atomic E-state index is -0.244. The van der Waals surface area contributed by atoms with E-state index in [-0.39, 0.29) is 24.1 Å². The number of carbonyl (C=O) groups is 1. The predicted molar refractivity (Wildman–Crippen MR) is 86.7 cm³/mol. The number of aliphatic hydroxyl groups excluding tert-OH is 1. The van der Waals surface area contributed by atoms with Crippen LogP contribution in [0, 0.1) is 12.8 Å². The van der Waals surface area contributed by atoms with E-state index < -0.39 is 0 Å². The van der Waals surface area contributed by atoms with Crippen LogP contribution in [0.4, 0.5) is 4.79 Å². The molecule has 1 heterocycles. The van der Waals surface area contributed by atoms with E-state index in [4.69, 9.17) is 0 Å². The van der Waals surface area contributed by atoms with Gasteiger partial charge in [0.1, 0.15) is 0 Å². The third-order valence-electron chi connectivity index (χ3n) is 4.15. The molecule has 4 nitrogen and oxygen atoms in total. The van der Waals surface area contributed by atoms with Crippen LogP contribution >= 0.6 is 11.3 Å². The van der Waals surface area contributed by atoms with Gasteiger partial charge < -0.3 is 15.3 Å². The van der Waals surface area contributed by atoms with E-state index in [9.17, 15) is 9.90 Å². The summed E-state index contributed by atoms with van der Waals surface area (Å²) in [5, 5.41) is 12.9. The van der Waals surface area contributed by atoms with Crippen molar-refractivity contribution in [3.63, 3.8) is 0 Å². The van der Waals surface area contributed by atoms with Crippen molar-refractivity contribution in [3.8, 4) is 0 Å². The third kappa shape index (κ3) is 4.71. The van der Waals surface area contributed by atoms with Crippen LogP contribution in [0.2, 0.25) is 0 Å². The Labute approximate surface area is 131 Å². The van der Waals surface area contributed by atoms with Crippen LogP contribution in [0.1, 0.15) is 35.9 Å². The summed E-state index contributed by atoms with van der Waals surface area (Å²) in [5.74, 6) is 0.232. The van der Waals surface area contributed by atoms with Crippen molar-refractivity contribution in [1.82, 2.24) is 10.2 Å². The van der Waals surface area contributed by atoms with E-state index in [2.05, 4.69) is 24.4 Å². The van der Waals surface area contributed by atoms with Crippen molar-refractivity contribution in [1.29, 1.82) is 0 Å². The molecule has 0 radical (unpaired) electrons. The summed E-state index contributed by atoms with van der Waals surface area (Å²) in [4.78, 5) is 16.5. The smallest absolute Gasteiger partial charge is 0.317 e. The fourth-order valence-electron chi connectivity index (χ4n) is 2.93. The van der Waals surface area contributed by atoms with Gasteiger partial charge in [0.2, 0.25) is 0 Å². The highest BCUT2D eigenvalue weighted by Gasteiger charge is 2.27. The lowest BCUT2D eigenvalue weighted by molar-refractivity contribution is 0.113. The van der Waals surface area contributed by atoms with Crippen molar-refractivity contribution in [2.24, 2.45) is 5.92 Å². The molecule has 5 heteroatoms. The maximum Gasteiger partial charge on any atom is 0.317 e. The maximum absolute atomic E-state index is 12.2. The minimum Gasteiger partial charge on any atom is -0.393 e. The van der Waals surface area contributed by atoms with Crippen LogP contribution in [0.5, 0.6) is 0 Å². The van der Waals surface area contributed by atoms with Crippen molar-refractivity contribution < 1.29 is 9.90 Å². The topological polar surface area (TPSA) is 52.6 Å². The Hall–Kier alpha value is -1.07. The lowest BCUT2D eigenvalue weighted by Gasteiger charge is -2.25. The maximum atomic E-state index is 12.2. The summed E-state index contributed by atoms with van der Waals surface area (Å²) in [5.41, 5.74) is 0. The van der Waals surface area contributed by atoms with Crippen molar-refractivity contribution in [2.75, 3.05) is 13.6 Å². The van der Waals surface area contributed by atoms with Crippen molar-refractivity contribution in [3.05, 3.63) is 21.9 Å². The van der Waals surface area contributed by atoms with E-state index in [0.717, 1.165) is 25.7 Å². The van der Waals surface area contributed by atoms with Gasteiger partial charge in [-0.2, -0.15) is 0 Å². The zero-order valence-electron chi connectivity index (χ0n) is 13.1. The van der Waals surface area contributed by atoms with Gasteiger partial charge in [0.15, 0.2) is 0 Å². The Bertz CT molecular complexity index is 475. The Balaban J connectivity index is 1.77. The Morgan fingerprint density at radius 1 is 1.52 bits per heavy atom. The van der Waals surface area contributed by atoms with Gasteiger partial charge in [0.05, 0.1) is 6.10 Å². The molecule has 1 aliphatic carbocycles. The van der Waals surface area contributed by atoms with E-state index >= 15 is 0 Å². The van der Waals surface area contributed by atoms with Crippen molar-refractivity contribution in [2.45, 2.75) is 51.7 Å². The molecule has 0 aromatic carbocycles. The lowest BCUT2D eigenvalue weighted by Crippen LogP contribution is -2.45. The molecule has 3 atom stereocenters. The first kappa shape index (κ1) is 16.3. The second-order valence-electron chi connectivity index (χ2n) is 6.21. The number of nitrogens with one attached hydrogen (secondary N) is 1. The number of aliphatic hydroxyl groups is 1. The summed E-state index contributed by atoms with van der Waals surface area (Å²) in [7, 11) is 1.81. The van der Waals surface area contributed by atoms with Crippen LogP contribution in [0.3, 0.4) is 0 Å². The van der Waals surface area contributed by atoms with Crippen LogP contribution in [0.15, 0.2) is 12.1 Å². The van der Waals surface area contributed by atoms with E-state index in [1.54, 1.807) is 16.2 Å². The molecule has 21 heavy (non-hydrogen) atoms. The average Bonchev–Trinajstić information content (AvgIpc) is 2.99. The first-order valence-electron chi connectivity index (χ1n) is 7.70. The summed E-state index contributed by atoms with van der Waals surface area (Å²) in [6.45, 7) is 4.77. The molecule has 0 saturated heterocycles. The van der Waals surface area contributed by atoms with E-state index in [0.29, 0.717) is 6.54 Å². The van der Waals surface area contributed by atoms with Gasteiger partial charge in [-0.3, -0.25) is 0 Å². The largest absolute Gasteiger partial charge is 0.393 e. The Morgan fingerprint density at radius 3 is 2.86 bits per heavy atom. The number of hydrogen-bond donors (Lipinski definition) is 2. The van der Waals surface area contributed by atoms with Gasteiger partial charge >= 0.3 is 6.03 Å². The SMILES string of the molecule is Cc1ccc(CC(C)NC(=O)N(C)CC2CCCC2O)s1.